The number of halogens is 1. The summed E-state index contributed by atoms with van der Waals surface area (Å²) in [6.45, 7) is 3.26. The molecule has 0 aliphatic heterocycles. The summed E-state index contributed by atoms with van der Waals surface area (Å²) in [7, 11) is 0. The van der Waals surface area contributed by atoms with E-state index in [-0.39, 0.29) is 0 Å². The van der Waals surface area contributed by atoms with Crippen LogP contribution in [0.2, 0.25) is 0 Å². The summed E-state index contributed by atoms with van der Waals surface area (Å²) in [5.74, 6) is 0.690. The van der Waals surface area contributed by atoms with Gasteiger partial charge >= 0.3 is 0 Å². The highest BCUT2D eigenvalue weighted by atomic mass is 79.9. The Balaban J connectivity index is 1.74. The molecule has 0 amide bonds. The van der Waals surface area contributed by atoms with Crippen LogP contribution in [0.4, 0.5) is 0 Å². The van der Waals surface area contributed by atoms with Gasteiger partial charge < -0.3 is 5.32 Å². The maximum Gasteiger partial charge on any atom is 0.0326 e. The van der Waals surface area contributed by atoms with Crippen LogP contribution in [-0.4, -0.2) is 0 Å². The fourth-order valence-corrected chi connectivity index (χ4v) is 3.55. The van der Waals surface area contributed by atoms with Crippen LogP contribution in [0.5, 0.6) is 0 Å². The molecule has 20 heavy (non-hydrogen) atoms. The van der Waals surface area contributed by atoms with Crippen molar-refractivity contribution < 1.29 is 0 Å². The van der Waals surface area contributed by atoms with Crippen LogP contribution >= 0.6 is 15.9 Å². The van der Waals surface area contributed by atoms with Gasteiger partial charge in [-0.1, -0.05) is 59.3 Å². The van der Waals surface area contributed by atoms with Crippen molar-refractivity contribution in [2.75, 3.05) is 0 Å². The average Bonchev–Trinajstić information content (AvgIpc) is 2.47. The van der Waals surface area contributed by atoms with E-state index in [0.717, 1.165) is 11.0 Å². The van der Waals surface area contributed by atoms with Crippen molar-refractivity contribution in [1.29, 1.82) is 0 Å². The molecule has 1 aliphatic carbocycles. The van der Waals surface area contributed by atoms with Gasteiger partial charge in [-0.3, -0.25) is 0 Å². The van der Waals surface area contributed by atoms with E-state index >= 15 is 0 Å². The van der Waals surface area contributed by atoms with Gasteiger partial charge in [-0.2, -0.15) is 0 Å². The van der Waals surface area contributed by atoms with Crippen LogP contribution in [-0.2, 0) is 6.54 Å². The summed E-state index contributed by atoms with van der Waals surface area (Å²) >= 11 is 3.53. The van der Waals surface area contributed by atoms with E-state index in [0.29, 0.717) is 12.0 Å². The highest BCUT2D eigenvalue weighted by molar-refractivity contribution is 9.10. The minimum atomic E-state index is 0.487. The molecule has 0 saturated carbocycles. The number of benzene rings is 2. The van der Waals surface area contributed by atoms with Crippen molar-refractivity contribution in [3.05, 3.63) is 69.7 Å². The van der Waals surface area contributed by atoms with Crippen molar-refractivity contribution in [2.24, 2.45) is 0 Å². The van der Waals surface area contributed by atoms with Gasteiger partial charge in [-0.15, -0.1) is 0 Å². The highest BCUT2D eigenvalue weighted by Crippen LogP contribution is 2.37. The van der Waals surface area contributed by atoms with Gasteiger partial charge in [0, 0.05) is 17.1 Å². The molecule has 2 heteroatoms. The van der Waals surface area contributed by atoms with Gasteiger partial charge in [-0.05, 0) is 47.6 Å². The van der Waals surface area contributed by atoms with Crippen LogP contribution in [0.3, 0.4) is 0 Å². The molecular weight excluding hydrogens is 310 g/mol. The summed E-state index contributed by atoms with van der Waals surface area (Å²) in [5, 5.41) is 3.72. The van der Waals surface area contributed by atoms with Crippen LogP contribution < -0.4 is 5.32 Å². The fourth-order valence-electron chi connectivity index (χ4n) is 3.10. The molecule has 0 fully saturated rings. The zero-order valence-corrected chi connectivity index (χ0v) is 13.4. The second-order valence-electron chi connectivity index (χ2n) is 5.67. The predicted octanol–water partition coefficient (Wildman–Crippen LogP) is 5.18. The first-order chi connectivity index (χ1) is 9.74. The third kappa shape index (κ3) is 2.97. The number of fused-ring (bicyclic) bond motifs is 1. The molecule has 2 unspecified atom stereocenters. The van der Waals surface area contributed by atoms with Crippen LogP contribution in [0.15, 0.2) is 53.0 Å². The lowest BCUT2D eigenvalue weighted by atomic mass is 9.81. The lowest BCUT2D eigenvalue weighted by molar-refractivity contribution is 0.431. The van der Waals surface area contributed by atoms with E-state index < -0.39 is 0 Å². The van der Waals surface area contributed by atoms with Crippen molar-refractivity contribution in [1.82, 2.24) is 5.32 Å². The molecule has 0 bridgehead atoms. The minimum absolute atomic E-state index is 0.487. The summed E-state index contributed by atoms with van der Waals surface area (Å²) in [4.78, 5) is 0. The third-order valence-corrected chi connectivity index (χ3v) is 4.73. The average molecular weight is 330 g/mol. The number of hydrogen-bond donors (Lipinski definition) is 1. The monoisotopic (exact) mass is 329 g/mol. The topological polar surface area (TPSA) is 12.0 Å². The summed E-state index contributed by atoms with van der Waals surface area (Å²) in [6, 6.07) is 17.9. The van der Waals surface area contributed by atoms with Crippen LogP contribution in [0, 0.1) is 0 Å². The second kappa shape index (κ2) is 6.11. The summed E-state index contributed by atoms with van der Waals surface area (Å²) < 4.78 is 1.15. The molecule has 1 aliphatic rings. The van der Waals surface area contributed by atoms with E-state index in [1.165, 1.54) is 29.5 Å². The summed E-state index contributed by atoms with van der Waals surface area (Å²) in [5.41, 5.74) is 4.34. The molecule has 0 saturated heterocycles. The molecule has 0 heterocycles. The molecule has 3 rings (SSSR count). The Kier molecular flexibility index (Phi) is 4.23. The maximum atomic E-state index is 3.72. The highest BCUT2D eigenvalue weighted by Gasteiger charge is 2.23. The molecule has 2 aromatic carbocycles. The van der Waals surface area contributed by atoms with Gasteiger partial charge in [-0.25, -0.2) is 0 Å². The molecular formula is C18H20BrN. The van der Waals surface area contributed by atoms with E-state index in [4.69, 9.17) is 0 Å². The van der Waals surface area contributed by atoms with E-state index in [9.17, 15) is 0 Å². The Morgan fingerprint density at radius 1 is 1.05 bits per heavy atom. The zero-order chi connectivity index (χ0) is 13.9. The first kappa shape index (κ1) is 13.8. The molecule has 0 spiro atoms. The van der Waals surface area contributed by atoms with Gasteiger partial charge in [0.15, 0.2) is 0 Å². The zero-order valence-electron chi connectivity index (χ0n) is 11.8. The van der Waals surface area contributed by atoms with Gasteiger partial charge in [0.25, 0.3) is 0 Å². The minimum Gasteiger partial charge on any atom is -0.306 e. The SMILES string of the molecule is CC1CCC(NCc2cccc(Br)c2)c2ccccc21. The first-order valence-corrected chi connectivity index (χ1v) is 8.10. The third-order valence-electron chi connectivity index (χ3n) is 4.23. The predicted molar refractivity (Wildman–Crippen MR) is 87.8 cm³/mol. The molecule has 1 nitrogen and oxygen atoms in total. The Morgan fingerprint density at radius 3 is 2.65 bits per heavy atom. The quantitative estimate of drug-likeness (QED) is 0.818. The Hall–Kier alpha value is -1.12. The molecule has 2 aromatic rings. The smallest absolute Gasteiger partial charge is 0.0326 e. The molecule has 104 valence electrons. The van der Waals surface area contributed by atoms with Crippen molar-refractivity contribution >= 4 is 15.9 Å². The molecule has 1 N–H and O–H groups in total. The molecule has 0 radical (unpaired) electrons. The number of hydrogen-bond acceptors (Lipinski definition) is 1. The van der Waals surface area contributed by atoms with Crippen molar-refractivity contribution in [2.45, 2.75) is 38.3 Å². The molecule has 2 atom stereocenters. The van der Waals surface area contributed by atoms with E-state index in [2.05, 4.69) is 76.7 Å². The second-order valence-corrected chi connectivity index (χ2v) is 6.59. The molecule has 0 aromatic heterocycles. The standard InChI is InChI=1S/C18H20BrN/c1-13-9-10-18(17-8-3-2-7-16(13)17)20-12-14-5-4-6-15(19)11-14/h2-8,11,13,18,20H,9-10,12H2,1H3. The lowest BCUT2D eigenvalue weighted by Gasteiger charge is -2.30. The normalized spacial score (nSPS) is 21.5. The summed E-state index contributed by atoms with van der Waals surface area (Å²) in [6.07, 6.45) is 2.50. The largest absolute Gasteiger partial charge is 0.306 e. The Labute approximate surface area is 129 Å². The Morgan fingerprint density at radius 2 is 1.85 bits per heavy atom. The number of rotatable bonds is 3. The van der Waals surface area contributed by atoms with E-state index in [1.54, 1.807) is 0 Å². The van der Waals surface area contributed by atoms with Gasteiger partial charge in [0.2, 0.25) is 0 Å². The van der Waals surface area contributed by atoms with Gasteiger partial charge in [0.05, 0.1) is 0 Å². The lowest BCUT2D eigenvalue weighted by Crippen LogP contribution is -2.25. The van der Waals surface area contributed by atoms with Crippen molar-refractivity contribution in [3.8, 4) is 0 Å². The van der Waals surface area contributed by atoms with Gasteiger partial charge in [0.1, 0.15) is 0 Å². The van der Waals surface area contributed by atoms with E-state index in [1.807, 2.05) is 0 Å². The van der Waals surface area contributed by atoms with Crippen molar-refractivity contribution in [3.63, 3.8) is 0 Å². The number of nitrogens with one attached hydrogen (secondary N) is 1. The maximum absolute atomic E-state index is 3.72. The van der Waals surface area contributed by atoms with Crippen LogP contribution in [0.25, 0.3) is 0 Å². The fraction of sp³-hybridized carbons (Fsp3) is 0.333. The first-order valence-electron chi connectivity index (χ1n) is 7.30. The van der Waals surface area contributed by atoms with Crippen LogP contribution in [0.1, 0.15) is 48.4 Å². The Bertz CT molecular complexity index is 593.